The molecule has 2 nitrogen and oxygen atoms in total. The average molecular weight is 231 g/mol. The number of hydrogen-bond acceptors (Lipinski definition) is 1. The summed E-state index contributed by atoms with van der Waals surface area (Å²) >= 11 is 0. The lowest BCUT2D eigenvalue weighted by atomic mass is 9.98. The van der Waals surface area contributed by atoms with Crippen LogP contribution in [0.15, 0.2) is 18.2 Å². The predicted octanol–water partition coefficient (Wildman–Crippen LogP) is 3.46. The Labute approximate surface area is 104 Å². The Bertz CT molecular complexity index is 411. The molecule has 2 rings (SSSR count). The molecule has 0 aliphatic carbocycles. The van der Waals surface area contributed by atoms with E-state index < -0.39 is 0 Å². The fraction of sp³-hybridized carbons (Fsp3) is 0.533. The number of carbonyl (C=O) groups excluding carboxylic acids is 1. The van der Waals surface area contributed by atoms with Gasteiger partial charge in [-0.1, -0.05) is 31.5 Å². The minimum Gasteiger partial charge on any atom is -0.312 e. The molecule has 0 unspecified atom stereocenters. The smallest absolute Gasteiger partial charge is 0.226 e. The first-order valence-corrected chi connectivity index (χ1v) is 6.63. The lowest BCUT2D eigenvalue weighted by Gasteiger charge is -2.31. The molecule has 1 heterocycles. The van der Waals surface area contributed by atoms with Crippen molar-refractivity contribution in [3.05, 3.63) is 29.3 Å². The molecule has 0 aromatic heterocycles. The molecule has 0 radical (unpaired) electrons. The minimum atomic E-state index is 0.294. The highest BCUT2D eigenvalue weighted by molar-refractivity contribution is 5.95. The number of unbranched alkanes of at least 4 members (excludes halogenated alkanes) is 1. The van der Waals surface area contributed by atoms with E-state index in [4.69, 9.17) is 0 Å². The third-order valence-electron chi connectivity index (χ3n) is 3.46. The quantitative estimate of drug-likeness (QED) is 0.780. The highest BCUT2D eigenvalue weighted by Gasteiger charge is 2.23. The molecule has 1 aliphatic rings. The molecule has 0 fully saturated rings. The molecular formula is C15H21NO. The van der Waals surface area contributed by atoms with E-state index in [1.807, 2.05) is 4.90 Å². The van der Waals surface area contributed by atoms with E-state index in [-0.39, 0.29) is 0 Å². The van der Waals surface area contributed by atoms with Gasteiger partial charge in [-0.05, 0) is 37.3 Å². The van der Waals surface area contributed by atoms with Gasteiger partial charge in [0.15, 0.2) is 0 Å². The molecule has 1 aliphatic heterocycles. The van der Waals surface area contributed by atoms with Crippen molar-refractivity contribution in [3.8, 4) is 0 Å². The average Bonchev–Trinajstić information content (AvgIpc) is 2.35. The summed E-state index contributed by atoms with van der Waals surface area (Å²) < 4.78 is 0. The second-order valence-corrected chi connectivity index (χ2v) is 4.84. The second-order valence-electron chi connectivity index (χ2n) is 4.84. The maximum absolute atomic E-state index is 12.2. The first kappa shape index (κ1) is 12.2. The van der Waals surface area contributed by atoms with E-state index in [1.165, 1.54) is 16.8 Å². The van der Waals surface area contributed by atoms with Crippen LogP contribution in [-0.2, 0) is 11.2 Å². The van der Waals surface area contributed by atoms with Crippen molar-refractivity contribution in [1.82, 2.24) is 0 Å². The molecule has 0 spiro atoms. The van der Waals surface area contributed by atoms with Gasteiger partial charge in [0, 0.05) is 18.7 Å². The van der Waals surface area contributed by atoms with Crippen LogP contribution in [0.3, 0.4) is 0 Å². The highest BCUT2D eigenvalue weighted by atomic mass is 16.2. The van der Waals surface area contributed by atoms with Crippen molar-refractivity contribution in [3.63, 3.8) is 0 Å². The van der Waals surface area contributed by atoms with Crippen LogP contribution in [0.4, 0.5) is 5.69 Å². The number of hydrogen-bond donors (Lipinski definition) is 0. The van der Waals surface area contributed by atoms with Crippen LogP contribution < -0.4 is 4.90 Å². The first-order valence-electron chi connectivity index (χ1n) is 6.63. The monoisotopic (exact) mass is 231 g/mol. The lowest BCUT2D eigenvalue weighted by Crippen LogP contribution is -2.35. The molecule has 0 saturated heterocycles. The Morgan fingerprint density at radius 2 is 2.24 bits per heavy atom. The summed E-state index contributed by atoms with van der Waals surface area (Å²) in [6.45, 7) is 5.12. The molecule has 0 saturated carbocycles. The summed E-state index contributed by atoms with van der Waals surface area (Å²) in [6, 6.07) is 6.35. The van der Waals surface area contributed by atoms with Gasteiger partial charge in [0.25, 0.3) is 0 Å². The molecule has 0 bridgehead atoms. The third-order valence-corrected chi connectivity index (χ3v) is 3.46. The van der Waals surface area contributed by atoms with Crippen LogP contribution in [0, 0.1) is 6.92 Å². The van der Waals surface area contributed by atoms with Crippen LogP contribution in [0.5, 0.6) is 0 Å². The van der Waals surface area contributed by atoms with Crippen molar-refractivity contribution < 1.29 is 4.79 Å². The van der Waals surface area contributed by atoms with E-state index in [9.17, 15) is 4.79 Å². The van der Waals surface area contributed by atoms with Gasteiger partial charge >= 0.3 is 0 Å². The number of fused-ring (bicyclic) bond motifs is 1. The number of carbonyl (C=O) groups is 1. The summed E-state index contributed by atoms with van der Waals surface area (Å²) in [6.07, 6.45) is 4.96. The number of nitrogens with zero attached hydrogens (tertiary/aromatic N) is 1. The van der Waals surface area contributed by atoms with Gasteiger partial charge in [-0.15, -0.1) is 0 Å². The van der Waals surface area contributed by atoms with Gasteiger partial charge in [0.05, 0.1) is 0 Å². The number of rotatable bonds is 3. The molecule has 0 N–H and O–H groups in total. The zero-order chi connectivity index (χ0) is 12.3. The Balaban J connectivity index is 2.25. The molecule has 1 aromatic carbocycles. The molecule has 1 amide bonds. The number of para-hydroxylation sites is 1. The van der Waals surface area contributed by atoms with Crippen LogP contribution in [-0.4, -0.2) is 12.5 Å². The number of aryl methyl sites for hydroxylation is 2. The van der Waals surface area contributed by atoms with Gasteiger partial charge in [0.2, 0.25) is 5.91 Å². The molecule has 1 aromatic rings. The zero-order valence-electron chi connectivity index (χ0n) is 10.8. The molecular weight excluding hydrogens is 210 g/mol. The second kappa shape index (κ2) is 5.35. The Morgan fingerprint density at radius 1 is 1.41 bits per heavy atom. The van der Waals surface area contributed by atoms with Crippen LogP contribution in [0.25, 0.3) is 0 Å². The first-order chi connectivity index (χ1) is 8.24. The summed E-state index contributed by atoms with van der Waals surface area (Å²) in [5, 5.41) is 0. The molecule has 2 heteroatoms. The standard InChI is InChI=1S/C15H21NO/c1-3-4-10-14(17)16-11-6-9-13-8-5-7-12(2)15(13)16/h5,7-8H,3-4,6,9-11H2,1-2H3. The summed E-state index contributed by atoms with van der Waals surface area (Å²) in [7, 11) is 0. The third kappa shape index (κ3) is 2.51. The normalized spacial score (nSPS) is 14.6. The van der Waals surface area contributed by atoms with Crippen molar-refractivity contribution in [1.29, 1.82) is 0 Å². The number of amides is 1. The van der Waals surface area contributed by atoms with Gasteiger partial charge in [-0.2, -0.15) is 0 Å². The Kier molecular flexibility index (Phi) is 3.82. The molecule has 0 atom stereocenters. The SMILES string of the molecule is CCCCC(=O)N1CCCc2cccc(C)c21. The number of benzene rings is 1. The minimum absolute atomic E-state index is 0.294. The maximum Gasteiger partial charge on any atom is 0.226 e. The van der Waals surface area contributed by atoms with Gasteiger partial charge in [-0.25, -0.2) is 0 Å². The fourth-order valence-electron chi connectivity index (χ4n) is 2.56. The Hall–Kier alpha value is -1.31. The maximum atomic E-state index is 12.2. The van der Waals surface area contributed by atoms with E-state index in [0.29, 0.717) is 12.3 Å². The van der Waals surface area contributed by atoms with E-state index in [2.05, 4.69) is 32.0 Å². The Morgan fingerprint density at radius 3 is 3.00 bits per heavy atom. The molecule has 17 heavy (non-hydrogen) atoms. The highest BCUT2D eigenvalue weighted by Crippen LogP contribution is 2.31. The van der Waals surface area contributed by atoms with Crippen molar-refractivity contribution in [2.24, 2.45) is 0 Å². The van der Waals surface area contributed by atoms with Crippen LogP contribution >= 0.6 is 0 Å². The van der Waals surface area contributed by atoms with Crippen molar-refractivity contribution in [2.75, 3.05) is 11.4 Å². The van der Waals surface area contributed by atoms with Crippen molar-refractivity contribution >= 4 is 11.6 Å². The summed E-state index contributed by atoms with van der Waals surface area (Å²) in [5.41, 5.74) is 3.74. The van der Waals surface area contributed by atoms with Crippen LogP contribution in [0.1, 0.15) is 43.7 Å². The van der Waals surface area contributed by atoms with E-state index >= 15 is 0 Å². The van der Waals surface area contributed by atoms with E-state index in [1.54, 1.807) is 0 Å². The van der Waals surface area contributed by atoms with Gasteiger partial charge in [0.1, 0.15) is 0 Å². The topological polar surface area (TPSA) is 20.3 Å². The molecule has 92 valence electrons. The summed E-state index contributed by atoms with van der Waals surface area (Å²) in [4.78, 5) is 14.2. The largest absolute Gasteiger partial charge is 0.312 e. The van der Waals surface area contributed by atoms with Gasteiger partial charge < -0.3 is 4.90 Å². The van der Waals surface area contributed by atoms with Gasteiger partial charge in [-0.3, -0.25) is 4.79 Å². The predicted molar refractivity (Wildman–Crippen MR) is 71.4 cm³/mol. The summed E-state index contributed by atoms with van der Waals surface area (Å²) in [5.74, 6) is 0.294. The zero-order valence-corrected chi connectivity index (χ0v) is 10.8. The number of anilines is 1. The van der Waals surface area contributed by atoms with Crippen LogP contribution in [0.2, 0.25) is 0 Å². The lowest BCUT2D eigenvalue weighted by molar-refractivity contribution is -0.118. The van der Waals surface area contributed by atoms with E-state index in [0.717, 1.165) is 32.2 Å². The van der Waals surface area contributed by atoms with Crippen molar-refractivity contribution in [2.45, 2.75) is 46.0 Å². The fourth-order valence-corrected chi connectivity index (χ4v) is 2.56.